The van der Waals surface area contributed by atoms with Gasteiger partial charge in [0, 0.05) is 23.5 Å². The van der Waals surface area contributed by atoms with E-state index in [2.05, 4.69) is 69.3 Å². The summed E-state index contributed by atoms with van der Waals surface area (Å²) in [6, 6.07) is 5.57. The van der Waals surface area contributed by atoms with Gasteiger partial charge in [-0.1, -0.05) is 26.8 Å². The number of hydrogen-bond donors (Lipinski definition) is 1. The van der Waals surface area contributed by atoms with Gasteiger partial charge in [0.2, 0.25) is 0 Å². The minimum absolute atomic E-state index is 0.583. The van der Waals surface area contributed by atoms with Gasteiger partial charge in [0.15, 0.2) is 0 Å². The Morgan fingerprint density at radius 3 is 2.30 bits per heavy atom. The molecule has 0 aliphatic heterocycles. The summed E-state index contributed by atoms with van der Waals surface area (Å²) < 4.78 is 0. The molecule has 2 atom stereocenters. The average molecular weight is 297 g/mol. The monoisotopic (exact) mass is 296 g/mol. The third kappa shape index (κ3) is 5.94. The Morgan fingerprint density at radius 1 is 1.10 bits per heavy atom. The molecule has 0 aliphatic carbocycles. The molecule has 0 fully saturated rings. The first kappa shape index (κ1) is 17.7. The van der Waals surface area contributed by atoms with Crippen molar-refractivity contribution in [3.63, 3.8) is 0 Å². The molecule has 0 radical (unpaired) electrons. The van der Waals surface area contributed by atoms with Gasteiger partial charge in [0.25, 0.3) is 0 Å². The topological polar surface area (TPSA) is 15.3 Å². The van der Waals surface area contributed by atoms with Gasteiger partial charge >= 0.3 is 0 Å². The van der Waals surface area contributed by atoms with Gasteiger partial charge in [-0.05, 0) is 57.1 Å². The molecule has 0 aromatic carbocycles. The Bertz CT molecular complexity index is 346. The second-order valence-electron chi connectivity index (χ2n) is 6.62. The largest absolute Gasteiger partial charge is 0.316 e. The van der Waals surface area contributed by atoms with Crippen molar-refractivity contribution in [1.82, 2.24) is 10.2 Å². The second kappa shape index (κ2) is 8.81. The standard InChI is InChI=1S/C17H32N2S/c1-13(2)10-18-11-15(5)16(6)19(14(3)4)12-17-8-7-9-20-17/h7-9,13-16,18H,10-12H2,1-6H3. The molecule has 0 saturated carbocycles. The van der Waals surface area contributed by atoms with Crippen LogP contribution in [0.1, 0.15) is 46.4 Å². The van der Waals surface area contributed by atoms with Gasteiger partial charge in [0.05, 0.1) is 0 Å². The predicted molar refractivity (Wildman–Crippen MR) is 91.3 cm³/mol. The molecular weight excluding hydrogens is 264 g/mol. The maximum absolute atomic E-state index is 3.59. The summed E-state index contributed by atoms with van der Waals surface area (Å²) in [7, 11) is 0. The quantitative estimate of drug-likeness (QED) is 0.733. The van der Waals surface area contributed by atoms with E-state index in [4.69, 9.17) is 0 Å². The van der Waals surface area contributed by atoms with Gasteiger partial charge in [-0.3, -0.25) is 4.90 Å². The molecule has 20 heavy (non-hydrogen) atoms. The van der Waals surface area contributed by atoms with Crippen molar-refractivity contribution in [3.8, 4) is 0 Å². The van der Waals surface area contributed by atoms with Crippen molar-refractivity contribution < 1.29 is 0 Å². The van der Waals surface area contributed by atoms with E-state index in [0.717, 1.165) is 25.6 Å². The molecule has 0 bridgehead atoms. The molecular formula is C17H32N2S. The van der Waals surface area contributed by atoms with E-state index >= 15 is 0 Å². The molecule has 2 nitrogen and oxygen atoms in total. The van der Waals surface area contributed by atoms with Crippen LogP contribution < -0.4 is 5.32 Å². The van der Waals surface area contributed by atoms with Gasteiger partial charge in [-0.15, -0.1) is 11.3 Å². The Balaban J connectivity index is 2.52. The lowest BCUT2D eigenvalue weighted by atomic mass is 10.00. The van der Waals surface area contributed by atoms with Gasteiger partial charge < -0.3 is 5.32 Å². The summed E-state index contributed by atoms with van der Waals surface area (Å²) >= 11 is 1.86. The van der Waals surface area contributed by atoms with Crippen LogP contribution in [0, 0.1) is 11.8 Å². The lowest BCUT2D eigenvalue weighted by molar-refractivity contribution is 0.116. The number of thiophene rings is 1. The van der Waals surface area contributed by atoms with Crippen LogP contribution in [0.3, 0.4) is 0 Å². The highest BCUT2D eigenvalue weighted by atomic mass is 32.1. The zero-order valence-electron chi connectivity index (χ0n) is 14.0. The summed E-state index contributed by atoms with van der Waals surface area (Å²) in [5, 5.41) is 5.77. The maximum Gasteiger partial charge on any atom is 0.0333 e. The lowest BCUT2D eigenvalue weighted by Gasteiger charge is -2.36. The van der Waals surface area contributed by atoms with Crippen LogP contribution in [0.25, 0.3) is 0 Å². The molecule has 0 aliphatic rings. The van der Waals surface area contributed by atoms with Crippen LogP contribution in [0.15, 0.2) is 17.5 Å². The van der Waals surface area contributed by atoms with Crippen LogP contribution >= 0.6 is 11.3 Å². The molecule has 1 aromatic heterocycles. The van der Waals surface area contributed by atoms with Crippen molar-refractivity contribution in [2.75, 3.05) is 13.1 Å². The van der Waals surface area contributed by atoms with E-state index in [9.17, 15) is 0 Å². The zero-order valence-corrected chi connectivity index (χ0v) is 14.8. The van der Waals surface area contributed by atoms with Gasteiger partial charge in [0.1, 0.15) is 0 Å². The minimum atomic E-state index is 0.583. The summed E-state index contributed by atoms with van der Waals surface area (Å²) in [6.07, 6.45) is 0. The first-order valence-electron chi connectivity index (χ1n) is 7.90. The van der Waals surface area contributed by atoms with Gasteiger partial charge in [-0.2, -0.15) is 0 Å². The number of hydrogen-bond acceptors (Lipinski definition) is 3. The Hall–Kier alpha value is -0.380. The SMILES string of the molecule is CC(C)CNCC(C)C(C)N(Cc1cccs1)C(C)C. The summed E-state index contributed by atoms with van der Waals surface area (Å²) in [4.78, 5) is 4.08. The Kier molecular flexibility index (Phi) is 7.78. The Morgan fingerprint density at radius 2 is 1.80 bits per heavy atom. The van der Waals surface area contributed by atoms with Gasteiger partial charge in [-0.25, -0.2) is 0 Å². The van der Waals surface area contributed by atoms with E-state index in [1.165, 1.54) is 4.88 Å². The second-order valence-corrected chi connectivity index (χ2v) is 7.65. The van der Waals surface area contributed by atoms with Crippen LogP contribution in [0.4, 0.5) is 0 Å². The molecule has 1 rings (SSSR count). The third-order valence-electron chi connectivity index (χ3n) is 3.95. The molecule has 116 valence electrons. The summed E-state index contributed by atoms with van der Waals surface area (Å²) in [5.41, 5.74) is 0. The van der Waals surface area contributed by atoms with Crippen LogP contribution in [0.5, 0.6) is 0 Å². The van der Waals surface area contributed by atoms with Crippen molar-refractivity contribution in [2.45, 2.75) is 60.2 Å². The number of nitrogens with one attached hydrogen (secondary N) is 1. The van der Waals surface area contributed by atoms with E-state index in [0.29, 0.717) is 18.0 Å². The Labute approximate surface area is 129 Å². The van der Waals surface area contributed by atoms with E-state index in [1.807, 2.05) is 11.3 Å². The molecule has 2 unspecified atom stereocenters. The predicted octanol–water partition coefficient (Wildman–Crippen LogP) is 4.23. The normalized spacial score (nSPS) is 15.2. The summed E-state index contributed by atoms with van der Waals surface area (Å²) in [6.45, 7) is 17.2. The fourth-order valence-electron chi connectivity index (χ4n) is 2.48. The molecule has 1 N–H and O–H groups in total. The highest BCUT2D eigenvalue weighted by Crippen LogP contribution is 2.20. The number of nitrogens with zero attached hydrogens (tertiary/aromatic N) is 1. The molecule has 3 heteroatoms. The lowest BCUT2D eigenvalue weighted by Crippen LogP contribution is -2.44. The maximum atomic E-state index is 3.59. The fraction of sp³-hybridized carbons (Fsp3) is 0.765. The minimum Gasteiger partial charge on any atom is -0.316 e. The molecule has 0 amide bonds. The third-order valence-corrected chi connectivity index (χ3v) is 4.81. The first-order valence-corrected chi connectivity index (χ1v) is 8.78. The molecule has 0 spiro atoms. The smallest absolute Gasteiger partial charge is 0.0333 e. The van der Waals surface area contributed by atoms with Crippen molar-refractivity contribution >= 4 is 11.3 Å². The van der Waals surface area contributed by atoms with Crippen molar-refractivity contribution in [1.29, 1.82) is 0 Å². The van der Waals surface area contributed by atoms with Crippen molar-refractivity contribution in [2.24, 2.45) is 11.8 Å². The van der Waals surface area contributed by atoms with Crippen LogP contribution in [-0.2, 0) is 6.54 Å². The average Bonchev–Trinajstić information content (AvgIpc) is 2.87. The zero-order chi connectivity index (χ0) is 15.1. The summed E-state index contributed by atoms with van der Waals surface area (Å²) in [5.74, 6) is 1.39. The highest BCUT2D eigenvalue weighted by molar-refractivity contribution is 7.09. The highest BCUT2D eigenvalue weighted by Gasteiger charge is 2.22. The van der Waals surface area contributed by atoms with E-state index < -0.39 is 0 Å². The van der Waals surface area contributed by atoms with Crippen LogP contribution in [-0.4, -0.2) is 30.1 Å². The fourth-order valence-corrected chi connectivity index (χ4v) is 3.19. The molecule has 1 heterocycles. The van der Waals surface area contributed by atoms with E-state index in [-0.39, 0.29) is 0 Å². The molecule has 0 saturated heterocycles. The van der Waals surface area contributed by atoms with E-state index in [1.54, 1.807) is 0 Å². The first-order chi connectivity index (χ1) is 9.41. The molecule has 1 aromatic rings. The van der Waals surface area contributed by atoms with Crippen molar-refractivity contribution in [3.05, 3.63) is 22.4 Å². The van der Waals surface area contributed by atoms with Crippen LogP contribution in [0.2, 0.25) is 0 Å². The number of rotatable bonds is 9.